The summed E-state index contributed by atoms with van der Waals surface area (Å²) in [6.07, 6.45) is 8.99. The highest BCUT2D eigenvalue weighted by atomic mass is 16.5. The number of aryl methyl sites for hydroxylation is 1. The number of hydrogen-bond donors (Lipinski definition) is 1. The van der Waals surface area contributed by atoms with Crippen molar-refractivity contribution in [3.05, 3.63) is 29.6 Å². The summed E-state index contributed by atoms with van der Waals surface area (Å²) < 4.78 is 4.82. The Morgan fingerprint density at radius 2 is 2.14 bits per heavy atom. The highest BCUT2D eigenvalue weighted by Gasteiger charge is 2.16. The first-order chi connectivity index (χ1) is 10.3. The largest absolute Gasteiger partial charge is 0.465 e. The van der Waals surface area contributed by atoms with Crippen molar-refractivity contribution >= 4 is 17.0 Å². The number of nitrogens with zero attached hydrogens (tertiary/aromatic N) is 1. The number of carbonyl (C=O) groups excluding carboxylic acids is 1. The highest BCUT2D eigenvalue weighted by molar-refractivity contribution is 6.01. The third kappa shape index (κ3) is 3.09. The number of carbonyl (C=O) groups is 1. The number of H-pyrrole nitrogens is 1. The summed E-state index contributed by atoms with van der Waals surface area (Å²) in [7, 11) is 1.40. The van der Waals surface area contributed by atoms with Crippen LogP contribution >= 0.6 is 0 Å². The molecule has 0 saturated heterocycles. The van der Waals surface area contributed by atoms with E-state index in [-0.39, 0.29) is 5.97 Å². The summed E-state index contributed by atoms with van der Waals surface area (Å²) >= 11 is 0. The van der Waals surface area contributed by atoms with Gasteiger partial charge in [0.1, 0.15) is 11.3 Å². The molecule has 0 amide bonds. The van der Waals surface area contributed by atoms with E-state index in [2.05, 4.69) is 9.97 Å². The minimum absolute atomic E-state index is 0.328. The van der Waals surface area contributed by atoms with Crippen LogP contribution in [0.25, 0.3) is 11.0 Å². The van der Waals surface area contributed by atoms with E-state index in [0.29, 0.717) is 5.56 Å². The molecule has 2 aromatic rings. The molecule has 21 heavy (non-hydrogen) atoms. The number of imidazole rings is 1. The van der Waals surface area contributed by atoms with Crippen LogP contribution in [0.3, 0.4) is 0 Å². The van der Waals surface area contributed by atoms with E-state index in [1.54, 1.807) is 6.07 Å². The lowest BCUT2D eigenvalue weighted by molar-refractivity contribution is 0.0603. The van der Waals surface area contributed by atoms with Crippen LogP contribution in [-0.4, -0.2) is 23.0 Å². The van der Waals surface area contributed by atoms with E-state index in [0.717, 1.165) is 29.2 Å². The number of benzene rings is 1. The van der Waals surface area contributed by atoms with Crippen LogP contribution in [0.15, 0.2) is 18.2 Å². The molecule has 1 saturated carbocycles. The Kier molecular flexibility index (Phi) is 4.23. The number of para-hydroxylation sites is 1. The number of aromatic amines is 1. The monoisotopic (exact) mass is 286 g/mol. The fourth-order valence-electron chi connectivity index (χ4n) is 3.29. The zero-order chi connectivity index (χ0) is 14.7. The maximum atomic E-state index is 11.8. The molecule has 0 unspecified atom stereocenters. The molecular formula is C17H22N2O2. The number of nitrogens with one attached hydrogen (secondary N) is 1. The Bertz CT molecular complexity index is 627. The number of fused-ring (bicyclic) bond motifs is 1. The third-order valence-corrected chi connectivity index (χ3v) is 4.48. The minimum Gasteiger partial charge on any atom is -0.465 e. The first kappa shape index (κ1) is 14.1. The van der Waals surface area contributed by atoms with E-state index in [9.17, 15) is 4.79 Å². The van der Waals surface area contributed by atoms with Crippen molar-refractivity contribution in [2.75, 3.05) is 7.11 Å². The first-order valence-electron chi connectivity index (χ1n) is 7.84. The quantitative estimate of drug-likeness (QED) is 0.868. The lowest BCUT2D eigenvalue weighted by Crippen LogP contribution is -2.07. The summed E-state index contributed by atoms with van der Waals surface area (Å²) in [4.78, 5) is 19.7. The molecular weight excluding hydrogens is 264 g/mol. The lowest BCUT2D eigenvalue weighted by atomic mass is 9.86. The van der Waals surface area contributed by atoms with Crippen LogP contribution in [-0.2, 0) is 11.2 Å². The fraction of sp³-hybridized carbons (Fsp3) is 0.529. The Balaban J connectivity index is 1.76. The SMILES string of the molecule is COC(=O)c1cccc2[nH]c(CCC3CCCCC3)nc12. The Morgan fingerprint density at radius 1 is 1.33 bits per heavy atom. The van der Waals surface area contributed by atoms with Gasteiger partial charge in [-0.05, 0) is 24.5 Å². The normalized spacial score (nSPS) is 16.2. The summed E-state index contributed by atoms with van der Waals surface area (Å²) in [6.45, 7) is 0. The maximum Gasteiger partial charge on any atom is 0.340 e. The van der Waals surface area contributed by atoms with Crippen molar-refractivity contribution in [1.29, 1.82) is 0 Å². The average molecular weight is 286 g/mol. The predicted octanol–water partition coefficient (Wildman–Crippen LogP) is 3.86. The smallest absolute Gasteiger partial charge is 0.340 e. The van der Waals surface area contributed by atoms with Gasteiger partial charge in [-0.1, -0.05) is 38.2 Å². The van der Waals surface area contributed by atoms with Crippen molar-refractivity contribution in [2.45, 2.75) is 44.9 Å². The number of esters is 1. The van der Waals surface area contributed by atoms with Gasteiger partial charge < -0.3 is 9.72 Å². The molecule has 0 aliphatic heterocycles. The molecule has 0 radical (unpaired) electrons. The summed E-state index contributed by atoms with van der Waals surface area (Å²) in [5.41, 5.74) is 2.18. The van der Waals surface area contributed by atoms with Crippen LogP contribution in [0.5, 0.6) is 0 Å². The second-order valence-electron chi connectivity index (χ2n) is 5.92. The summed E-state index contributed by atoms with van der Waals surface area (Å²) in [6, 6.07) is 5.58. The van der Waals surface area contributed by atoms with E-state index in [4.69, 9.17) is 4.74 Å². The van der Waals surface area contributed by atoms with Crippen LogP contribution in [0.1, 0.15) is 54.7 Å². The zero-order valence-electron chi connectivity index (χ0n) is 12.5. The van der Waals surface area contributed by atoms with Crippen LogP contribution in [0, 0.1) is 5.92 Å². The van der Waals surface area contributed by atoms with E-state index < -0.39 is 0 Å². The van der Waals surface area contributed by atoms with Crippen LogP contribution < -0.4 is 0 Å². The molecule has 0 atom stereocenters. The summed E-state index contributed by atoms with van der Waals surface area (Å²) in [5.74, 6) is 1.49. The number of methoxy groups -OCH3 is 1. The van der Waals surface area contributed by atoms with Crippen molar-refractivity contribution in [2.24, 2.45) is 5.92 Å². The first-order valence-corrected chi connectivity index (χ1v) is 7.84. The molecule has 0 bridgehead atoms. The molecule has 1 N–H and O–H groups in total. The standard InChI is InChI=1S/C17H22N2O2/c1-21-17(20)13-8-5-9-14-16(13)19-15(18-14)11-10-12-6-3-2-4-7-12/h5,8-9,12H,2-4,6-7,10-11H2,1H3,(H,18,19). The molecule has 0 spiro atoms. The second-order valence-corrected chi connectivity index (χ2v) is 5.92. The molecule has 4 nitrogen and oxygen atoms in total. The van der Waals surface area contributed by atoms with Gasteiger partial charge in [0.25, 0.3) is 0 Å². The van der Waals surface area contributed by atoms with Gasteiger partial charge in [0.05, 0.1) is 18.2 Å². The molecule has 1 fully saturated rings. The number of hydrogen-bond acceptors (Lipinski definition) is 3. The number of aromatic nitrogens is 2. The molecule has 1 aliphatic rings. The molecule has 1 aromatic heterocycles. The maximum absolute atomic E-state index is 11.8. The van der Waals surface area contributed by atoms with Crippen LogP contribution in [0.2, 0.25) is 0 Å². The van der Waals surface area contributed by atoms with Gasteiger partial charge in [0.15, 0.2) is 0 Å². The molecule has 4 heteroatoms. The van der Waals surface area contributed by atoms with Crippen molar-refractivity contribution in [3.8, 4) is 0 Å². The van der Waals surface area contributed by atoms with E-state index >= 15 is 0 Å². The van der Waals surface area contributed by atoms with Gasteiger partial charge in [-0.2, -0.15) is 0 Å². The Labute approximate surface area is 124 Å². The molecule has 1 heterocycles. The molecule has 3 rings (SSSR count). The highest BCUT2D eigenvalue weighted by Crippen LogP contribution is 2.27. The van der Waals surface area contributed by atoms with Gasteiger partial charge in [-0.15, -0.1) is 0 Å². The summed E-state index contributed by atoms with van der Waals surface area (Å²) in [5, 5.41) is 0. The Hall–Kier alpha value is -1.84. The van der Waals surface area contributed by atoms with Crippen LogP contribution in [0.4, 0.5) is 0 Å². The number of rotatable bonds is 4. The zero-order valence-corrected chi connectivity index (χ0v) is 12.5. The topological polar surface area (TPSA) is 55.0 Å². The van der Waals surface area contributed by atoms with Crippen molar-refractivity contribution in [1.82, 2.24) is 9.97 Å². The second kappa shape index (κ2) is 6.29. The molecule has 1 aromatic carbocycles. The Morgan fingerprint density at radius 3 is 2.90 bits per heavy atom. The third-order valence-electron chi connectivity index (χ3n) is 4.48. The minimum atomic E-state index is -0.328. The van der Waals surface area contributed by atoms with Gasteiger partial charge >= 0.3 is 5.97 Å². The van der Waals surface area contributed by atoms with E-state index in [1.807, 2.05) is 12.1 Å². The average Bonchev–Trinajstić information content (AvgIpc) is 2.96. The fourth-order valence-corrected chi connectivity index (χ4v) is 3.29. The van der Waals surface area contributed by atoms with Crippen molar-refractivity contribution < 1.29 is 9.53 Å². The van der Waals surface area contributed by atoms with Gasteiger partial charge in [0, 0.05) is 6.42 Å². The predicted molar refractivity (Wildman–Crippen MR) is 82.3 cm³/mol. The lowest BCUT2D eigenvalue weighted by Gasteiger charge is -2.20. The van der Waals surface area contributed by atoms with Gasteiger partial charge in [-0.3, -0.25) is 0 Å². The van der Waals surface area contributed by atoms with E-state index in [1.165, 1.54) is 45.6 Å². The molecule has 112 valence electrons. The van der Waals surface area contributed by atoms with Gasteiger partial charge in [-0.25, -0.2) is 9.78 Å². The number of ether oxygens (including phenoxy) is 1. The van der Waals surface area contributed by atoms with Crippen molar-refractivity contribution in [3.63, 3.8) is 0 Å². The molecule has 1 aliphatic carbocycles. The van der Waals surface area contributed by atoms with Gasteiger partial charge in [0.2, 0.25) is 0 Å².